The Hall–Kier alpha value is -1.11. The van der Waals surface area contributed by atoms with E-state index < -0.39 is 0 Å². The van der Waals surface area contributed by atoms with Gasteiger partial charge in [0.25, 0.3) is 0 Å². The minimum Gasteiger partial charge on any atom is -0.496 e. The fourth-order valence-electron chi connectivity index (χ4n) is 2.38. The Morgan fingerprint density at radius 2 is 2.16 bits per heavy atom. The highest BCUT2D eigenvalue weighted by atomic mass is 32.2. The maximum Gasteiger partial charge on any atom is 0.122 e. The Bertz CT molecular complexity index is 469. The van der Waals surface area contributed by atoms with Crippen molar-refractivity contribution in [3.63, 3.8) is 0 Å². The zero-order valence-corrected chi connectivity index (χ0v) is 12.3. The summed E-state index contributed by atoms with van der Waals surface area (Å²) in [6, 6.07) is 6.12. The van der Waals surface area contributed by atoms with Crippen LogP contribution in [0.5, 0.6) is 5.75 Å². The van der Waals surface area contributed by atoms with Crippen LogP contribution in [0.15, 0.2) is 18.2 Å². The monoisotopic (exact) mass is 275 g/mol. The summed E-state index contributed by atoms with van der Waals surface area (Å²) in [6.45, 7) is 0.401. The van der Waals surface area contributed by atoms with E-state index in [0.717, 1.165) is 22.3 Å². The van der Waals surface area contributed by atoms with E-state index in [1.165, 1.54) is 31.2 Å². The molecule has 0 bridgehead atoms. The van der Waals surface area contributed by atoms with Gasteiger partial charge < -0.3 is 10.5 Å². The van der Waals surface area contributed by atoms with Gasteiger partial charge in [-0.15, -0.1) is 0 Å². The molecule has 2 nitrogen and oxygen atoms in total. The molecule has 2 rings (SSSR count). The number of methoxy groups -OCH3 is 1. The maximum atomic E-state index is 5.43. The van der Waals surface area contributed by atoms with Gasteiger partial charge in [0.05, 0.1) is 13.7 Å². The molecule has 0 amide bonds. The van der Waals surface area contributed by atoms with Gasteiger partial charge in [0, 0.05) is 22.1 Å². The van der Waals surface area contributed by atoms with E-state index in [1.807, 2.05) is 23.9 Å². The molecule has 1 aliphatic rings. The fourth-order valence-corrected chi connectivity index (χ4v) is 3.69. The van der Waals surface area contributed by atoms with Gasteiger partial charge in [0.1, 0.15) is 5.75 Å². The van der Waals surface area contributed by atoms with E-state index in [0.29, 0.717) is 6.54 Å². The fraction of sp³-hybridized carbons (Fsp3) is 0.500. The minimum atomic E-state index is 0.401. The van der Waals surface area contributed by atoms with Crippen LogP contribution in [0, 0.1) is 11.8 Å². The Kier molecular flexibility index (Phi) is 5.62. The third-order valence-corrected chi connectivity index (χ3v) is 4.81. The summed E-state index contributed by atoms with van der Waals surface area (Å²) in [7, 11) is 1.73. The smallest absolute Gasteiger partial charge is 0.122 e. The van der Waals surface area contributed by atoms with Gasteiger partial charge >= 0.3 is 0 Å². The average molecular weight is 275 g/mol. The van der Waals surface area contributed by atoms with E-state index in [1.54, 1.807) is 7.11 Å². The summed E-state index contributed by atoms with van der Waals surface area (Å²) >= 11 is 2.05. The Morgan fingerprint density at radius 1 is 1.37 bits per heavy atom. The molecule has 0 aromatic heterocycles. The summed E-state index contributed by atoms with van der Waals surface area (Å²) in [5.41, 5.74) is 7.67. The van der Waals surface area contributed by atoms with Gasteiger partial charge in [-0.25, -0.2) is 0 Å². The first kappa shape index (κ1) is 14.3. The standard InChI is InChI=1S/C16H21NOS/c1-18-16-9-8-13(5-4-10-17)11-14(16)12-19-15-6-2-3-7-15/h8-9,11,15H,2-3,6-7,10,12,17H2,1H3. The molecule has 0 aliphatic heterocycles. The predicted molar refractivity (Wildman–Crippen MR) is 82.5 cm³/mol. The molecular weight excluding hydrogens is 254 g/mol. The van der Waals surface area contributed by atoms with Crippen molar-refractivity contribution in [2.75, 3.05) is 13.7 Å². The molecule has 2 N–H and O–H groups in total. The van der Waals surface area contributed by atoms with Gasteiger partial charge in [-0.2, -0.15) is 11.8 Å². The molecule has 1 aromatic rings. The van der Waals surface area contributed by atoms with Crippen LogP contribution in [0.2, 0.25) is 0 Å². The highest BCUT2D eigenvalue weighted by Gasteiger charge is 2.16. The molecule has 1 aromatic carbocycles. The summed E-state index contributed by atoms with van der Waals surface area (Å²) in [6.07, 6.45) is 5.49. The van der Waals surface area contributed by atoms with Crippen LogP contribution in [0.4, 0.5) is 0 Å². The molecule has 0 radical (unpaired) electrons. The molecule has 19 heavy (non-hydrogen) atoms. The zero-order chi connectivity index (χ0) is 13.5. The van der Waals surface area contributed by atoms with Gasteiger partial charge in [0.15, 0.2) is 0 Å². The second kappa shape index (κ2) is 7.47. The summed E-state index contributed by atoms with van der Waals surface area (Å²) < 4.78 is 5.43. The van der Waals surface area contributed by atoms with Crippen molar-refractivity contribution in [1.82, 2.24) is 0 Å². The first-order valence-electron chi connectivity index (χ1n) is 6.81. The number of nitrogens with two attached hydrogens (primary N) is 1. The van der Waals surface area contributed by atoms with Crippen LogP contribution in [-0.2, 0) is 5.75 Å². The molecular formula is C16H21NOS. The van der Waals surface area contributed by atoms with Gasteiger partial charge in [-0.05, 0) is 31.0 Å². The number of benzene rings is 1. The lowest BCUT2D eigenvalue weighted by molar-refractivity contribution is 0.411. The average Bonchev–Trinajstić information content (AvgIpc) is 2.96. The summed E-state index contributed by atoms with van der Waals surface area (Å²) in [5.74, 6) is 7.95. The van der Waals surface area contributed by atoms with E-state index in [2.05, 4.69) is 17.9 Å². The SMILES string of the molecule is COc1ccc(C#CCN)cc1CSC1CCCC1. The highest BCUT2D eigenvalue weighted by molar-refractivity contribution is 7.99. The van der Waals surface area contributed by atoms with Crippen molar-refractivity contribution in [3.05, 3.63) is 29.3 Å². The molecule has 1 aliphatic carbocycles. The van der Waals surface area contributed by atoms with E-state index in [4.69, 9.17) is 10.5 Å². The third-order valence-electron chi connectivity index (χ3n) is 3.39. The van der Waals surface area contributed by atoms with Crippen LogP contribution in [0.25, 0.3) is 0 Å². The number of hydrogen-bond acceptors (Lipinski definition) is 3. The second-order valence-electron chi connectivity index (χ2n) is 4.75. The van der Waals surface area contributed by atoms with Crippen molar-refractivity contribution < 1.29 is 4.74 Å². The molecule has 0 heterocycles. The predicted octanol–water partition coefficient (Wildman–Crippen LogP) is 3.18. The number of rotatable bonds is 4. The van der Waals surface area contributed by atoms with E-state index in [-0.39, 0.29) is 0 Å². The lowest BCUT2D eigenvalue weighted by Crippen LogP contribution is -1.97. The van der Waals surface area contributed by atoms with Crippen LogP contribution < -0.4 is 10.5 Å². The van der Waals surface area contributed by atoms with Crippen molar-refractivity contribution in [3.8, 4) is 17.6 Å². The first-order chi connectivity index (χ1) is 9.33. The molecule has 0 spiro atoms. The molecule has 3 heteroatoms. The van der Waals surface area contributed by atoms with Crippen LogP contribution >= 0.6 is 11.8 Å². The minimum absolute atomic E-state index is 0.401. The topological polar surface area (TPSA) is 35.2 Å². The van der Waals surface area contributed by atoms with E-state index >= 15 is 0 Å². The van der Waals surface area contributed by atoms with Crippen molar-refractivity contribution in [2.45, 2.75) is 36.7 Å². The highest BCUT2D eigenvalue weighted by Crippen LogP contribution is 2.33. The van der Waals surface area contributed by atoms with E-state index in [9.17, 15) is 0 Å². The maximum absolute atomic E-state index is 5.43. The van der Waals surface area contributed by atoms with Crippen molar-refractivity contribution in [1.29, 1.82) is 0 Å². The van der Waals surface area contributed by atoms with Crippen molar-refractivity contribution >= 4 is 11.8 Å². The van der Waals surface area contributed by atoms with Gasteiger partial charge in [0.2, 0.25) is 0 Å². The molecule has 0 atom stereocenters. The van der Waals surface area contributed by atoms with Crippen molar-refractivity contribution in [2.24, 2.45) is 5.73 Å². The quantitative estimate of drug-likeness (QED) is 0.857. The number of thioether (sulfide) groups is 1. The van der Waals surface area contributed by atoms with Crippen LogP contribution in [-0.4, -0.2) is 18.9 Å². The number of hydrogen-bond donors (Lipinski definition) is 1. The molecule has 1 fully saturated rings. The lowest BCUT2D eigenvalue weighted by Gasteiger charge is -2.12. The molecule has 0 unspecified atom stereocenters. The number of ether oxygens (including phenoxy) is 1. The van der Waals surface area contributed by atoms with Crippen LogP contribution in [0.3, 0.4) is 0 Å². The third kappa shape index (κ3) is 4.19. The van der Waals surface area contributed by atoms with Gasteiger partial charge in [-0.3, -0.25) is 0 Å². The largest absolute Gasteiger partial charge is 0.496 e. The second-order valence-corrected chi connectivity index (χ2v) is 6.04. The summed E-state index contributed by atoms with van der Waals surface area (Å²) in [5, 5.41) is 0.823. The summed E-state index contributed by atoms with van der Waals surface area (Å²) in [4.78, 5) is 0. The molecule has 0 saturated heterocycles. The zero-order valence-electron chi connectivity index (χ0n) is 11.4. The normalized spacial score (nSPS) is 15.1. The van der Waals surface area contributed by atoms with Gasteiger partial charge in [-0.1, -0.05) is 24.7 Å². The molecule has 102 valence electrons. The Labute approximate surface area is 120 Å². The Morgan fingerprint density at radius 3 is 2.84 bits per heavy atom. The Balaban J connectivity index is 2.06. The lowest BCUT2D eigenvalue weighted by atomic mass is 10.1. The molecule has 1 saturated carbocycles. The first-order valence-corrected chi connectivity index (χ1v) is 7.86. The van der Waals surface area contributed by atoms with Crippen LogP contribution in [0.1, 0.15) is 36.8 Å².